The van der Waals surface area contributed by atoms with E-state index in [1.165, 1.54) is 0 Å². The predicted octanol–water partition coefficient (Wildman–Crippen LogP) is 5.83. The standard InChI is InChI=1S/C27H23N3O3S/c1-16-13-17(2)15-18(14-16)30-25(24(29-27(30)34)21-9-5-6-12-28-21)23-11-10-22(33-23)19-7-3-4-8-20(19)26(31)32/h3-15,24-25H,1-2H3,(H,29,34)(H,31,32)/t24-,25+/m0/s1. The molecule has 0 aliphatic carbocycles. The van der Waals surface area contributed by atoms with Gasteiger partial charge in [-0.25, -0.2) is 4.79 Å². The van der Waals surface area contributed by atoms with Gasteiger partial charge >= 0.3 is 5.97 Å². The van der Waals surface area contributed by atoms with Crippen LogP contribution in [-0.2, 0) is 0 Å². The summed E-state index contributed by atoms with van der Waals surface area (Å²) in [7, 11) is 0. The van der Waals surface area contributed by atoms with Crippen molar-refractivity contribution in [2.24, 2.45) is 0 Å². The second kappa shape index (κ2) is 8.76. The quantitative estimate of drug-likeness (QED) is 0.356. The summed E-state index contributed by atoms with van der Waals surface area (Å²) < 4.78 is 6.32. The Labute approximate surface area is 202 Å². The van der Waals surface area contributed by atoms with Gasteiger partial charge in [-0.2, -0.15) is 0 Å². The molecule has 2 aromatic heterocycles. The van der Waals surface area contributed by atoms with E-state index in [-0.39, 0.29) is 17.6 Å². The average molecular weight is 470 g/mol. The number of benzene rings is 2. The van der Waals surface area contributed by atoms with E-state index in [4.69, 9.17) is 16.6 Å². The van der Waals surface area contributed by atoms with Crippen molar-refractivity contribution in [3.8, 4) is 11.3 Å². The summed E-state index contributed by atoms with van der Waals surface area (Å²) in [6.07, 6.45) is 1.76. The molecule has 0 bridgehead atoms. The van der Waals surface area contributed by atoms with Gasteiger partial charge in [-0.1, -0.05) is 30.3 Å². The number of nitrogens with one attached hydrogen (secondary N) is 1. The Morgan fingerprint density at radius 3 is 2.47 bits per heavy atom. The highest BCUT2D eigenvalue weighted by Crippen LogP contribution is 2.43. The smallest absolute Gasteiger partial charge is 0.336 e. The molecule has 3 heterocycles. The number of rotatable bonds is 5. The Hall–Kier alpha value is -3.97. The largest absolute Gasteiger partial charge is 0.478 e. The molecule has 0 amide bonds. The highest BCUT2D eigenvalue weighted by molar-refractivity contribution is 7.80. The Kier molecular flexibility index (Phi) is 5.63. The number of carbonyl (C=O) groups is 1. The predicted molar refractivity (Wildman–Crippen MR) is 135 cm³/mol. The first-order valence-corrected chi connectivity index (χ1v) is 11.3. The van der Waals surface area contributed by atoms with Crippen LogP contribution in [0.5, 0.6) is 0 Å². The summed E-state index contributed by atoms with van der Waals surface area (Å²) in [6.45, 7) is 4.12. The molecule has 2 atom stereocenters. The lowest BCUT2D eigenvalue weighted by Gasteiger charge is -2.26. The van der Waals surface area contributed by atoms with E-state index in [0.29, 0.717) is 22.2 Å². The van der Waals surface area contributed by atoms with Crippen LogP contribution in [0.1, 0.15) is 45.0 Å². The van der Waals surface area contributed by atoms with Crippen molar-refractivity contribution in [1.29, 1.82) is 0 Å². The molecule has 0 spiro atoms. The van der Waals surface area contributed by atoms with Crippen molar-refractivity contribution in [2.75, 3.05) is 4.90 Å². The van der Waals surface area contributed by atoms with Crippen LogP contribution in [-0.4, -0.2) is 21.2 Å². The van der Waals surface area contributed by atoms with Crippen LogP contribution in [0.25, 0.3) is 11.3 Å². The molecular formula is C27H23N3O3S. The van der Waals surface area contributed by atoms with Crippen LogP contribution in [0, 0.1) is 13.8 Å². The van der Waals surface area contributed by atoms with Gasteiger partial charge in [0.1, 0.15) is 17.6 Å². The number of pyridine rings is 1. The first-order chi connectivity index (χ1) is 16.4. The van der Waals surface area contributed by atoms with Crippen molar-refractivity contribution in [1.82, 2.24) is 10.3 Å². The van der Waals surface area contributed by atoms with Gasteiger partial charge in [0.2, 0.25) is 0 Å². The van der Waals surface area contributed by atoms with Gasteiger partial charge in [0.25, 0.3) is 0 Å². The van der Waals surface area contributed by atoms with Crippen molar-refractivity contribution in [3.05, 3.63) is 107 Å². The first-order valence-electron chi connectivity index (χ1n) is 10.9. The van der Waals surface area contributed by atoms with Crippen LogP contribution in [0.4, 0.5) is 5.69 Å². The number of hydrogen-bond acceptors (Lipinski definition) is 4. The van der Waals surface area contributed by atoms with Crippen LogP contribution >= 0.6 is 12.2 Å². The molecule has 0 radical (unpaired) electrons. The number of hydrogen-bond donors (Lipinski definition) is 2. The molecule has 1 fully saturated rings. The highest BCUT2D eigenvalue weighted by atomic mass is 32.1. The zero-order valence-electron chi connectivity index (χ0n) is 18.7. The van der Waals surface area contributed by atoms with Gasteiger partial charge in [-0.05, 0) is 79.7 Å². The van der Waals surface area contributed by atoms with Gasteiger partial charge in [0, 0.05) is 17.4 Å². The first kappa shape index (κ1) is 21.9. The Morgan fingerprint density at radius 1 is 1.03 bits per heavy atom. The fraction of sp³-hybridized carbons (Fsp3) is 0.148. The minimum atomic E-state index is -1.000. The average Bonchev–Trinajstić information content (AvgIpc) is 3.43. The number of aryl methyl sites for hydroxylation is 2. The number of thiocarbonyl (C=S) groups is 1. The number of aromatic nitrogens is 1. The lowest BCUT2D eigenvalue weighted by molar-refractivity contribution is 0.0697. The maximum Gasteiger partial charge on any atom is 0.336 e. The minimum Gasteiger partial charge on any atom is -0.478 e. The molecule has 34 heavy (non-hydrogen) atoms. The molecule has 7 heteroatoms. The summed E-state index contributed by atoms with van der Waals surface area (Å²) in [5.41, 5.74) is 4.78. The van der Waals surface area contributed by atoms with Gasteiger partial charge < -0.3 is 19.7 Å². The van der Waals surface area contributed by atoms with Crippen molar-refractivity contribution >= 4 is 29.0 Å². The topological polar surface area (TPSA) is 78.6 Å². The van der Waals surface area contributed by atoms with E-state index in [9.17, 15) is 9.90 Å². The molecule has 2 aromatic carbocycles. The third-order valence-corrected chi connectivity index (χ3v) is 6.24. The van der Waals surface area contributed by atoms with Crippen molar-refractivity contribution in [2.45, 2.75) is 25.9 Å². The van der Waals surface area contributed by atoms with E-state index in [1.807, 2.05) is 30.3 Å². The normalized spacial score (nSPS) is 17.6. The molecule has 1 aliphatic heterocycles. The molecule has 1 aliphatic rings. The fourth-order valence-corrected chi connectivity index (χ4v) is 4.90. The third kappa shape index (κ3) is 3.95. The van der Waals surface area contributed by atoms with E-state index in [0.717, 1.165) is 22.5 Å². The van der Waals surface area contributed by atoms with Crippen LogP contribution < -0.4 is 10.2 Å². The summed E-state index contributed by atoms with van der Waals surface area (Å²) in [6, 6.07) is 22.1. The van der Waals surface area contributed by atoms with E-state index in [2.05, 4.69) is 47.2 Å². The number of aromatic carboxylic acids is 1. The lowest BCUT2D eigenvalue weighted by atomic mass is 10.0. The van der Waals surface area contributed by atoms with Crippen LogP contribution in [0.15, 0.2) is 83.4 Å². The zero-order chi connectivity index (χ0) is 23.8. The van der Waals surface area contributed by atoms with Crippen molar-refractivity contribution in [3.63, 3.8) is 0 Å². The number of carboxylic acid groups (broad SMARTS) is 1. The molecular weight excluding hydrogens is 446 g/mol. The second-order valence-electron chi connectivity index (χ2n) is 8.40. The minimum absolute atomic E-state index is 0.191. The second-order valence-corrected chi connectivity index (χ2v) is 8.78. The Morgan fingerprint density at radius 2 is 1.76 bits per heavy atom. The Balaban J connectivity index is 1.64. The highest BCUT2D eigenvalue weighted by Gasteiger charge is 2.42. The van der Waals surface area contributed by atoms with Crippen LogP contribution in [0.3, 0.4) is 0 Å². The molecule has 2 N–H and O–H groups in total. The molecule has 0 saturated carbocycles. The SMILES string of the molecule is Cc1cc(C)cc(N2C(=S)N[C@@H](c3ccccn3)[C@H]2c2ccc(-c3ccccc3C(=O)O)o2)c1. The fourth-order valence-electron chi connectivity index (χ4n) is 4.55. The zero-order valence-corrected chi connectivity index (χ0v) is 19.5. The Bertz CT molecular complexity index is 1360. The summed E-state index contributed by atoms with van der Waals surface area (Å²) in [5, 5.41) is 13.6. The third-order valence-electron chi connectivity index (χ3n) is 5.92. The number of furan rings is 1. The summed E-state index contributed by atoms with van der Waals surface area (Å²) >= 11 is 5.79. The molecule has 1 saturated heterocycles. The molecule has 0 unspecified atom stereocenters. The van der Waals surface area contributed by atoms with Gasteiger partial charge in [0.15, 0.2) is 5.11 Å². The van der Waals surface area contributed by atoms with Gasteiger partial charge in [-0.15, -0.1) is 0 Å². The lowest BCUT2D eigenvalue weighted by Crippen LogP contribution is -2.29. The summed E-state index contributed by atoms with van der Waals surface area (Å²) in [4.78, 5) is 18.4. The monoisotopic (exact) mass is 469 g/mol. The van der Waals surface area contributed by atoms with Gasteiger partial charge in [-0.3, -0.25) is 4.98 Å². The molecule has 5 rings (SSSR count). The number of carboxylic acids is 1. The van der Waals surface area contributed by atoms with Gasteiger partial charge in [0.05, 0.1) is 17.3 Å². The summed E-state index contributed by atoms with van der Waals surface area (Å²) in [5.74, 6) is 0.156. The number of nitrogens with zero attached hydrogens (tertiary/aromatic N) is 2. The van der Waals surface area contributed by atoms with E-state index >= 15 is 0 Å². The van der Waals surface area contributed by atoms with E-state index in [1.54, 1.807) is 30.5 Å². The molecule has 4 aromatic rings. The van der Waals surface area contributed by atoms with E-state index < -0.39 is 5.97 Å². The maximum atomic E-state index is 11.8. The maximum absolute atomic E-state index is 11.8. The molecule has 6 nitrogen and oxygen atoms in total. The molecule has 170 valence electrons. The number of anilines is 1. The van der Waals surface area contributed by atoms with Crippen molar-refractivity contribution < 1.29 is 14.3 Å². The van der Waals surface area contributed by atoms with Crippen LogP contribution in [0.2, 0.25) is 0 Å².